The van der Waals surface area contributed by atoms with Crippen molar-refractivity contribution >= 4 is 0 Å². The molecule has 3 aromatic carbocycles. The molecule has 1 saturated carbocycles. The van der Waals surface area contributed by atoms with Gasteiger partial charge in [-0.3, -0.25) is 0 Å². The fourth-order valence-electron chi connectivity index (χ4n) is 3.74. The fourth-order valence-corrected chi connectivity index (χ4v) is 3.74. The van der Waals surface area contributed by atoms with Crippen LogP contribution in [0.15, 0.2) is 84.9 Å². The molecule has 0 N–H and O–H groups in total. The van der Waals surface area contributed by atoms with Gasteiger partial charge in [-0.25, -0.2) is 0 Å². The van der Waals surface area contributed by atoms with E-state index in [0.29, 0.717) is 5.92 Å². The molecule has 1 aliphatic carbocycles. The summed E-state index contributed by atoms with van der Waals surface area (Å²) in [6.07, 6.45) is 1.20. The molecule has 4 rings (SSSR count). The molecule has 1 aliphatic rings. The van der Waals surface area contributed by atoms with Crippen molar-refractivity contribution in [3.05, 3.63) is 107 Å². The van der Waals surface area contributed by atoms with Gasteiger partial charge in [0.15, 0.2) is 0 Å². The Hall–Kier alpha value is -2.34. The highest BCUT2D eigenvalue weighted by Crippen LogP contribution is 2.64. The molecule has 0 radical (unpaired) electrons. The molecular weight excluding hydrogens is 264 g/mol. The summed E-state index contributed by atoms with van der Waals surface area (Å²) in [7, 11) is 0. The van der Waals surface area contributed by atoms with Crippen LogP contribution in [0.25, 0.3) is 0 Å². The Kier molecular flexibility index (Phi) is 3.11. The maximum absolute atomic E-state index is 2.31. The Morgan fingerprint density at radius 3 is 1.86 bits per heavy atom. The van der Waals surface area contributed by atoms with Gasteiger partial charge in [-0.2, -0.15) is 0 Å². The first kappa shape index (κ1) is 13.3. The highest BCUT2D eigenvalue weighted by Gasteiger charge is 2.56. The SMILES string of the molecule is Cc1ccc(C2(c3ccccc3)CC2c2ccccc2)cc1. The summed E-state index contributed by atoms with van der Waals surface area (Å²) in [4.78, 5) is 0. The topological polar surface area (TPSA) is 0 Å². The minimum atomic E-state index is 0.149. The van der Waals surface area contributed by atoms with Crippen molar-refractivity contribution < 1.29 is 0 Å². The Morgan fingerprint density at radius 2 is 1.23 bits per heavy atom. The summed E-state index contributed by atoms with van der Waals surface area (Å²) < 4.78 is 0. The summed E-state index contributed by atoms with van der Waals surface area (Å²) in [5.41, 5.74) is 5.80. The van der Waals surface area contributed by atoms with Gasteiger partial charge in [-0.05, 0) is 36.0 Å². The van der Waals surface area contributed by atoms with Crippen molar-refractivity contribution in [1.82, 2.24) is 0 Å². The van der Waals surface area contributed by atoms with Crippen molar-refractivity contribution in [2.24, 2.45) is 0 Å². The quantitative estimate of drug-likeness (QED) is 0.598. The molecule has 0 heteroatoms. The van der Waals surface area contributed by atoms with Crippen LogP contribution in [0.2, 0.25) is 0 Å². The zero-order valence-corrected chi connectivity index (χ0v) is 12.9. The van der Waals surface area contributed by atoms with E-state index in [0.717, 1.165) is 0 Å². The zero-order valence-electron chi connectivity index (χ0n) is 12.9. The van der Waals surface area contributed by atoms with Crippen LogP contribution in [0.5, 0.6) is 0 Å². The third-order valence-electron chi connectivity index (χ3n) is 5.02. The van der Waals surface area contributed by atoms with E-state index in [9.17, 15) is 0 Å². The van der Waals surface area contributed by atoms with Crippen molar-refractivity contribution in [3.63, 3.8) is 0 Å². The molecule has 3 aromatic rings. The summed E-state index contributed by atoms with van der Waals surface area (Å²) >= 11 is 0. The molecule has 0 aliphatic heterocycles. The van der Waals surface area contributed by atoms with E-state index in [2.05, 4.69) is 91.9 Å². The van der Waals surface area contributed by atoms with E-state index >= 15 is 0 Å². The summed E-state index contributed by atoms with van der Waals surface area (Å²) in [5.74, 6) is 0.582. The van der Waals surface area contributed by atoms with Crippen LogP contribution < -0.4 is 0 Å². The van der Waals surface area contributed by atoms with Gasteiger partial charge in [-0.15, -0.1) is 0 Å². The zero-order chi connectivity index (χ0) is 15.0. The van der Waals surface area contributed by atoms with Crippen LogP contribution in [0.3, 0.4) is 0 Å². The summed E-state index contributed by atoms with van der Waals surface area (Å²) in [5, 5.41) is 0. The second-order valence-electron chi connectivity index (χ2n) is 6.37. The lowest BCUT2D eigenvalue weighted by molar-refractivity contribution is 0.802. The molecule has 2 atom stereocenters. The molecule has 1 fully saturated rings. The first-order valence-electron chi connectivity index (χ1n) is 7.98. The number of hydrogen-bond acceptors (Lipinski definition) is 0. The molecule has 2 unspecified atom stereocenters. The van der Waals surface area contributed by atoms with Crippen LogP contribution in [-0.4, -0.2) is 0 Å². The highest BCUT2D eigenvalue weighted by atomic mass is 14.6. The molecule has 22 heavy (non-hydrogen) atoms. The smallest absolute Gasteiger partial charge is 0.0278 e. The van der Waals surface area contributed by atoms with E-state index in [-0.39, 0.29) is 5.41 Å². The second-order valence-corrected chi connectivity index (χ2v) is 6.37. The van der Waals surface area contributed by atoms with Gasteiger partial charge < -0.3 is 0 Å². The van der Waals surface area contributed by atoms with Crippen molar-refractivity contribution in [3.8, 4) is 0 Å². The molecule has 0 spiro atoms. The van der Waals surface area contributed by atoms with Crippen LogP contribution in [-0.2, 0) is 5.41 Å². The highest BCUT2D eigenvalue weighted by molar-refractivity contribution is 5.53. The molecular formula is C22H20. The van der Waals surface area contributed by atoms with Crippen LogP contribution in [0.4, 0.5) is 0 Å². The van der Waals surface area contributed by atoms with Gasteiger partial charge in [0, 0.05) is 5.41 Å². The first-order valence-corrected chi connectivity index (χ1v) is 7.98. The fraction of sp³-hybridized carbons (Fsp3) is 0.182. The number of aryl methyl sites for hydroxylation is 1. The molecule has 0 aromatic heterocycles. The van der Waals surface area contributed by atoms with Crippen molar-refractivity contribution in [2.45, 2.75) is 24.7 Å². The van der Waals surface area contributed by atoms with Gasteiger partial charge in [-0.1, -0.05) is 90.5 Å². The van der Waals surface area contributed by atoms with E-state index in [1.165, 1.54) is 28.7 Å². The lowest BCUT2D eigenvalue weighted by Gasteiger charge is -2.19. The van der Waals surface area contributed by atoms with Crippen molar-refractivity contribution in [2.75, 3.05) is 0 Å². The Morgan fingerprint density at radius 1 is 0.682 bits per heavy atom. The van der Waals surface area contributed by atoms with E-state index < -0.39 is 0 Å². The van der Waals surface area contributed by atoms with Gasteiger partial charge >= 0.3 is 0 Å². The third-order valence-corrected chi connectivity index (χ3v) is 5.02. The van der Waals surface area contributed by atoms with Gasteiger partial charge in [0.25, 0.3) is 0 Å². The number of benzene rings is 3. The van der Waals surface area contributed by atoms with Gasteiger partial charge in [0.05, 0.1) is 0 Å². The largest absolute Gasteiger partial charge is 0.0622 e. The standard InChI is InChI=1S/C22H20/c1-17-12-14-20(15-13-17)22(19-10-6-3-7-11-19)16-21(22)18-8-4-2-5-9-18/h2-15,21H,16H2,1H3. The van der Waals surface area contributed by atoms with Crippen molar-refractivity contribution in [1.29, 1.82) is 0 Å². The van der Waals surface area contributed by atoms with E-state index in [1.807, 2.05) is 0 Å². The Labute approximate surface area is 132 Å². The third kappa shape index (κ3) is 2.07. The molecule has 0 heterocycles. The molecule has 108 valence electrons. The number of hydrogen-bond donors (Lipinski definition) is 0. The number of rotatable bonds is 3. The van der Waals surface area contributed by atoms with Gasteiger partial charge in [0.2, 0.25) is 0 Å². The average Bonchev–Trinajstić information content (AvgIpc) is 3.34. The predicted octanol–water partition coefficient (Wildman–Crippen LogP) is 5.47. The lowest BCUT2D eigenvalue weighted by atomic mass is 9.84. The maximum Gasteiger partial charge on any atom is 0.0278 e. The van der Waals surface area contributed by atoms with Crippen LogP contribution >= 0.6 is 0 Å². The van der Waals surface area contributed by atoms with Crippen LogP contribution in [0, 0.1) is 6.92 Å². The van der Waals surface area contributed by atoms with E-state index in [4.69, 9.17) is 0 Å². The normalized spacial score (nSPS) is 23.2. The molecule has 0 nitrogen and oxygen atoms in total. The predicted molar refractivity (Wildman–Crippen MR) is 92.2 cm³/mol. The second kappa shape index (κ2) is 5.14. The molecule has 0 bridgehead atoms. The minimum Gasteiger partial charge on any atom is -0.0622 e. The molecule has 0 saturated heterocycles. The minimum absolute atomic E-state index is 0.149. The summed E-state index contributed by atoms with van der Waals surface area (Å²) in [6, 6.07) is 31.0. The molecule has 0 amide bonds. The summed E-state index contributed by atoms with van der Waals surface area (Å²) in [6.45, 7) is 2.15. The Bertz CT molecular complexity index is 756. The first-order chi connectivity index (χ1) is 10.8. The lowest BCUT2D eigenvalue weighted by Crippen LogP contribution is -2.11. The van der Waals surface area contributed by atoms with E-state index in [1.54, 1.807) is 0 Å². The maximum atomic E-state index is 2.31. The monoisotopic (exact) mass is 284 g/mol. The van der Waals surface area contributed by atoms with Gasteiger partial charge in [0.1, 0.15) is 0 Å². The van der Waals surface area contributed by atoms with Crippen LogP contribution in [0.1, 0.15) is 34.6 Å². The Balaban J connectivity index is 1.83. The average molecular weight is 284 g/mol.